The summed E-state index contributed by atoms with van der Waals surface area (Å²) in [7, 11) is -1.41. The fraction of sp³-hybridized carbons (Fsp3) is 0.875. The largest absolute Gasteiger partial charge is 0.355 e. The predicted molar refractivity (Wildman–Crippen MR) is 112 cm³/mol. The highest BCUT2D eigenvalue weighted by Crippen LogP contribution is 2.36. The molecule has 3 fully saturated rings. The van der Waals surface area contributed by atoms with Crippen molar-refractivity contribution in [2.24, 2.45) is 10.4 Å². The van der Waals surface area contributed by atoms with E-state index in [0.29, 0.717) is 19.5 Å². The van der Waals surface area contributed by atoms with Gasteiger partial charge in [-0.3, -0.25) is 9.79 Å². The number of halogens is 1. The highest BCUT2D eigenvalue weighted by Gasteiger charge is 2.42. The molecule has 0 saturated carbocycles. The summed E-state index contributed by atoms with van der Waals surface area (Å²) >= 11 is 0. The second-order valence-electron chi connectivity index (χ2n) is 7.58. The summed E-state index contributed by atoms with van der Waals surface area (Å²) in [5.41, 5.74) is 0.0130. The second kappa shape index (κ2) is 8.59. The Balaban J connectivity index is 0.00000243. The van der Waals surface area contributed by atoms with E-state index in [4.69, 9.17) is 0 Å². The first kappa shape index (κ1) is 21.7. The van der Waals surface area contributed by atoms with Crippen molar-refractivity contribution in [2.75, 3.05) is 46.0 Å². The fourth-order valence-corrected chi connectivity index (χ4v) is 5.60. The minimum absolute atomic E-state index is 0. The van der Waals surface area contributed by atoms with Gasteiger partial charge in [0.25, 0.3) is 0 Å². The SMILES string of the molecule is CN=C(NC[C@H]1CCCN1S(C)(=O)=O)N1CCCC2(CNC(=O)C2)C1.I. The average Bonchev–Trinajstić information content (AvgIpc) is 3.15. The van der Waals surface area contributed by atoms with Crippen LogP contribution in [0.2, 0.25) is 0 Å². The number of carbonyl (C=O) groups excluding carboxylic acids is 1. The maximum Gasteiger partial charge on any atom is 0.220 e. The Kier molecular flexibility index (Phi) is 7.16. The van der Waals surface area contributed by atoms with Crippen molar-refractivity contribution >= 4 is 45.9 Å². The Morgan fingerprint density at radius 3 is 2.77 bits per heavy atom. The molecular weight excluding hydrogens is 469 g/mol. The van der Waals surface area contributed by atoms with Crippen LogP contribution in [0.5, 0.6) is 0 Å². The van der Waals surface area contributed by atoms with Crippen LogP contribution in [0.3, 0.4) is 0 Å². The summed E-state index contributed by atoms with van der Waals surface area (Å²) in [4.78, 5) is 18.3. The maximum absolute atomic E-state index is 11.9. The number of guanidine groups is 1. The Morgan fingerprint density at radius 2 is 2.15 bits per heavy atom. The summed E-state index contributed by atoms with van der Waals surface area (Å²) in [5.74, 6) is 0.943. The number of rotatable bonds is 3. The van der Waals surface area contributed by atoms with Crippen LogP contribution in [0.4, 0.5) is 0 Å². The van der Waals surface area contributed by atoms with Crippen LogP contribution in [0.1, 0.15) is 32.1 Å². The molecule has 0 radical (unpaired) electrons. The summed E-state index contributed by atoms with van der Waals surface area (Å²) < 4.78 is 25.3. The predicted octanol–water partition coefficient (Wildman–Crippen LogP) is 0.206. The summed E-state index contributed by atoms with van der Waals surface area (Å²) in [6.45, 7) is 3.64. The van der Waals surface area contributed by atoms with Crippen molar-refractivity contribution in [1.82, 2.24) is 19.8 Å². The van der Waals surface area contributed by atoms with E-state index in [1.165, 1.54) is 6.26 Å². The first-order valence-corrected chi connectivity index (χ1v) is 10.9. The normalized spacial score (nSPS) is 30.4. The molecule has 1 amide bonds. The summed E-state index contributed by atoms with van der Waals surface area (Å²) in [6, 6.07) is -0.0137. The molecule has 26 heavy (non-hydrogen) atoms. The van der Waals surface area contributed by atoms with Gasteiger partial charge in [-0.05, 0) is 25.7 Å². The van der Waals surface area contributed by atoms with E-state index in [2.05, 4.69) is 20.5 Å². The fourth-order valence-electron chi connectivity index (χ4n) is 4.42. The third-order valence-corrected chi connectivity index (χ3v) is 6.95. The molecule has 0 aromatic heterocycles. The highest BCUT2D eigenvalue weighted by molar-refractivity contribution is 14.0. The number of hydrogen-bond acceptors (Lipinski definition) is 4. The van der Waals surface area contributed by atoms with Crippen LogP contribution < -0.4 is 10.6 Å². The van der Waals surface area contributed by atoms with Gasteiger partial charge in [-0.2, -0.15) is 4.31 Å². The molecule has 0 aromatic rings. The van der Waals surface area contributed by atoms with Gasteiger partial charge in [0.1, 0.15) is 0 Å². The lowest BCUT2D eigenvalue weighted by Gasteiger charge is -2.41. The van der Waals surface area contributed by atoms with E-state index in [0.717, 1.165) is 51.3 Å². The van der Waals surface area contributed by atoms with Crippen LogP contribution >= 0.6 is 24.0 Å². The van der Waals surface area contributed by atoms with Crippen molar-refractivity contribution in [1.29, 1.82) is 0 Å². The van der Waals surface area contributed by atoms with E-state index in [-0.39, 0.29) is 41.3 Å². The first-order chi connectivity index (χ1) is 11.8. The monoisotopic (exact) mass is 499 g/mol. The van der Waals surface area contributed by atoms with Gasteiger partial charge in [-0.1, -0.05) is 0 Å². The van der Waals surface area contributed by atoms with Crippen molar-refractivity contribution < 1.29 is 13.2 Å². The molecule has 3 aliphatic heterocycles. The number of amides is 1. The van der Waals surface area contributed by atoms with Gasteiger partial charge in [0.15, 0.2) is 5.96 Å². The van der Waals surface area contributed by atoms with Crippen molar-refractivity contribution in [3.05, 3.63) is 0 Å². The molecule has 3 saturated heterocycles. The molecule has 2 atom stereocenters. The van der Waals surface area contributed by atoms with Gasteiger partial charge in [0, 0.05) is 57.6 Å². The number of likely N-dealkylation sites (tertiary alicyclic amines) is 1. The van der Waals surface area contributed by atoms with E-state index >= 15 is 0 Å². The maximum atomic E-state index is 11.9. The lowest BCUT2D eigenvalue weighted by molar-refractivity contribution is -0.119. The number of nitrogens with one attached hydrogen (secondary N) is 2. The Labute approximate surface area is 173 Å². The third kappa shape index (κ3) is 4.80. The summed E-state index contributed by atoms with van der Waals surface area (Å²) in [5, 5.41) is 6.32. The van der Waals surface area contributed by atoms with E-state index < -0.39 is 10.0 Å². The van der Waals surface area contributed by atoms with E-state index in [1.54, 1.807) is 11.4 Å². The molecule has 1 spiro atoms. The Morgan fingerprint density at radius 1 is 1.38 bits per heavy atom. The molecule has 8 nitrogen and oxygen atoms in total. The van der Waals surface area contributed by atoms with Crippen molar-refractivity contribution in [3.8, 4) is 0 Å². The molecule has 0 aliphatic carbocycles. The molecule has 0 bridgehead atoms. The molecule has 3 heterocycles. The summed E-state index contributed by atoms with van der Waals surface area (Å²) in [6.07, 6.45) is 5.74. The number of sulfonamides is 1. The molecular formula is C16H30IN5O3S. The lowest BCUT2D eigenvalue weighted by Crippen LogP contribution is -2.53. The topological polar surface area (TPSA) is 94.1 Å². The molecule has 10 heteroatoms. The van der Waals surface area contributed by atoms with E-state index in [9.17, 15) is 13.2 Å². The van der Waals surface area contributed by atoms with Crippen LogP contribution in [0.25, 0.3) is 0 Å². The highest BCUT2D eigenvalue weighted by atomic mass is 127. The lowest BCUT2D eigenvalue weighted by atomic mass is 9.79. The van der Waals surface area contributed by atoms with Gasteiger partial charge >= 0.3 is 0 Å². The van der Waals surface area contributed by atoms with Crippen molar-refractivity contribution in [2.45, 2.75) is 38.1 Å². The molecule has 2 N–H and O–H groups in total. The average molecular weight is 499 g/mol. The standard InChI is InChI=1S/C16H29N5O3S.HI/c1-17-15(18-10-13-5-3-8-21(13)25(2,23)24)20-7-4-6-16(12-20)9-14(22)19-11-16;/h13H,3-12H2,1-2H3,(H,17,18)(H,19,22);1H/t13-,16?;/m1./s1. The van der Waals surface area contributed by atoms with Crippen LogP contribution in [0.15, 0.2) is 4.99 Å². The van der Waals surface area contributed by atoms with Gasteiger partial charge in [0.2, 0.25) is 15.9 Å². The number of hydrogen-bond donors (Lipinski definition) is 2. The minimum Gasteiger partial charge on any atom is -0.355 e. The zero-order chi connectivity index (χ0) is 18.1. The van der Waals surface area contributed by atoms with Crippen LogP contribution in [0, 0.1) is 5.41 Å². The minimum atomic E-state index is -3.16. The van der Waals surface area contributed by atoms with Gasteiger partial charge < -0.3 is 15.5 Å². The third-order valence-electron chi connectivity index (χ3n) is 5.61. The molecule has 1 unspecified atom stereocenters. The Hall–Kier alpha value is -0.620. The Bertz CT molecular complexity index is 656. The molecule has 3 rings (SSSR count). The van der Waals surface area contributed by atoms with Gasteiger partial charge in [-0.25, -0.2) is 8.42 Å². The van der Waals surface area contributed by atoms with E-state index in [1.807, 2.05) is 0 Å². The first-order valence-electron chi connectivity index (χ1n) is 9.02. The van der Waals surface area contributed by atoms with Gasteiger partial charge in [-0.15, -0.1) is 24.0 Å². The molecule has 0 aromatic carbocycles. The molecule has 3 aliphatic rings. The second-order valence-corrected chi connectivity index (χ2v) is 9.51. The molecule has 150 valence electrons. The number of nitrogens with zero attached hydrogens (tertiary/aromatic N) is 3. The number of carbonyl (C=O) groups is 1. The zero-order valence-electron chi connectivity index (χ0n) is 15.5. The number of aliphatic imine (C=N–C) groups is 1. The van der Waals surface area contributed by atoms with Gasteiger partial charge in [0.05, 0.1) is 6.26 Å². The van der Waals surface area contributed by atoms with Crippen LogP contribution in [-0.4, -0.2) is 81.6 Å². The van der Waals surface area contributed by atoms with Crippen molar-refractivity contribution in [3.63, 3.8) is 0 Å². The number of piperidine rings is 1. The zero-order valence-corrected chi connectivity index (χ0v) is 18.7. The quantitative estimate of drug-likeness (QED) is 0.329. The smallest absolute Gasteiger partial charge is 0.220 e. The van der Waals surface area contributed by atoms with Crippen LogP contribution in [-0.2, 0) is 14.8 Å².